The Hall–Kier alpha value is -2.53. The molecule has 8 nitrogen and oxygen atoms in total. The zero-order chi connectivity index (χ0) is 23.6. The Morgan fingerprint density at radius 3 is 2.09 bits per heavy atom. The van der Waals surface area contributed by atoms with Crippen LogP contribution in [0.5, 0.6) is 17.2 Å². The lowest BCUT2D eigenvalue weighted by Crippen LogP contribution is -2.48. The van der Waals surface area contributed by atoms with Crippen LogP contribution in [0.2, 0.25) is 5.02 Å². The Bertz CT molecular complexity index is 1200. The molecule has 11 heteroatoms. The maximum atomic E-state index is 12.9. The van der Waals surface area contributed by atoms with Gasteiger partial charge in [-0.3, -0.25) is 0 Å². The highest BCUT2D eigenvalue weighted by molar-refractivity contribution is 7.89. The summed E-state index contributed by atoms with van der Waals surface area (Å²) in [4.78, 5) is 7.12. The third-order valence-electron chi connectivity index (χ3n) is 5.41. The number of piperazine rings is 1. The highest BCUT2D eigenvalue weighted by Gasteiger charge is 2.29. The number of aromatic nitrogens is 1. The molecule has 0 saturated carbocycles. The standard InChI is InChI=1S/C22H24ClN3O5S2/c1-29-19-12-15(13-20(30-2)21(19)31-3)18-14-32-22(24-18)25-8-10-26(11-9-25)33(27,28)17-6-4-16(23)5-7-17/h4-7,12-14H,8-11H2,1-3H3. The number of nitrogens with zero attached hydrogens (tertiary/aromatic N) is 3. The molecule has 4 rings (SSSR count). The second kappa shape index (κ2) is 9.76. The number of sulfonamides is 1. The van der Waals surface area contributed by atoms with Gasteiger partial charge in [-0.25, -0.2) is 13.4 Å². The highest BCUT2D eigenvalue weighted by Crippen LogP contribution is 2.41. The van der Waals surface area contributed by atoms with E-state index < -0.39 is 10.0 Å². The van der Waals surface area contributed by atoms with Gasteiger partial charge in [-0.1, -0.05) is 11.6 Å². The monoisotopic (exact) mass is 509 g/mol. The zero-order valence-electron chi connectivity index (χ0n) is 18.4. The molecule has 0 aliphatic carbocycles. The van der Waals surface area contributed by atoms with E-state index in [1.807, 2.05) is 17.5 Å². The van der Waals surface area contributed by atoms with Crippen LogP contribution in [0.25, 0.3) is 11.3 Å². The Labute approximate surface area is 202 Å². The Morgan fingerprint density at radius 2 is 1.55 bits per heavy atom. The molecular formula is C22H24ClN3O5S2. The smallest absolute Gasteiger partial charge is 0.243 e. The van der Waals surface area contributed by atoms with Gasteiger partial charge >= 0.3 is 0 Å². The van der Waals surface area contributed by atoms with Gasteiger partial charge in [-0.15, -0.1) is 11.3 Å². The molecule has 0 bridgehead atoms. The molecule has 1 aliphatic heterocycles. The van der Waals surface area contributed by atoms with Crippen molar-refractivity contribution in [3.05, 3.63) is 46.8 Å². The summed E-state index contributed by atoms with van der Waals surface area (Å²) in [6.07, 6.45) is 0. The Balaban J connectivity index is 1.49. The van der Waals surface area contributed by atoms with Crippen LogP contribution in [0.1, 0.15) is 0 Å². The molecule has 33 heavy (non-hydrogen) atoms. The summed E-state index contributed by atoms with van der Waals surface area (Å²) in [5.74, 6) is 1.64. The number of hydrogen-bond donors (Lipinski definition) is 0. The maximum Gasteiger partial charge on any atom is 0.243 e. The first-order chi connectivity index (χ1) is 15.9. The molecule has 1 saturated heterocycles. The van der Waals surface area contributed by atoms with Crippen molar-refractivity contribution >= 4 is 38.1 Å². The molecule has 0 N–H and O–H groups in total. The summed E-state index contributed by atoms with van der Waals surface area (Å²) >= 11 is 7.40. The second-order valence-corrected chi connectivity index (χ2v) is 10.5. The van der Waals surface area contributed by atoms with Gasteiger partial charge in [-0.05, 0) is 36.4 Å². The second-order valence-electron chi connectivity index (χ2n) is 7.27. The number of thiazole rings is 1. The molecule has 1 aromatic heterocycles. The molecule has 0 spiro atoms. The van der Waals surface area contributed by atoms with Crippen LogP contribution in [0, 0.1) is 0 Å². The Kier molecular flexibility index (Phi) is 6.99. The zero-order valence-corrected chi connectivity index (χ0v) is 20.8. The summed E-state index contributed by atoms with van der Waals surface area (Å²) in [5.41, 5.74) is 1.63. The first-order valence-corrected chi connectivity index (χ1v) is 12.8. The minimum absolute atomic E-state index is 0.249. The van der Waals surface area contributed by atoms with Gasteiger partial charge in [0.25, 0.3) is 0 Å². The third kappa shape index (κ3) is 4.74. The predicted octanol–water partition coefficient (Wildman–Crippen LogP) is 4.00. The average Bonchev–Trinajstić information content (AvgIpc) is 3.34. The molecule has 176 valence electrons. The van der Waals surface area contributed by atoms with Crippen LogP contribution in [0.15, 0.2) is 46.7 Å². The molecule has 2 aromatic carbocycles. The quantitative estimate of drug-likeness (QED) is 0.476. The van der Waals surface area contributed by atoms with Gasteiger partial charge in [0.2, 0.25) is 15.8 Å². The molecule has 0 radical (unpaired) electrons. The van der Waals surface area contributed by atoms with Crippen molar-refractivity contribution in [3.63, 3.8) is 0 Å². The summed E-state index contributed by atoms with van der Waals surface area (Å²) in [6, 6.07) is 9.96. The van der Waals surface area contributed by atoms with Gasteiger partial charge in [0.1, 0.15) is 0 Å². The topological polar surface area (TPSA) is 81.2 Å². The largest absolute Gasteiger partial charge is 0.493 e. The SMILES string of the molecule is COc1cc(-c2csc(N3CCN(S(=O)(=O)c4ccc(Cl)cc4)CC3)n2)cc(OC)c1OC. The van der Waals surface area contributed by atoms with E-state index in [-0.39, 0.29) is 4.90 Å². The normalized spacial score (nSPS) is 14.8. The number of anilines is 1. The van der Waals surface area contributed by atoms with Gasteiger partial charge in [0.05, 0.1) is 31.9 Å². The lowest BCUT2D eigenvalue weighted by Gasteiger charge is -2.33. The van der Waals surface area contributed by atoms with Crippen LogP contribution in [0.3, 0.4) is 0 Å². The highest BCUT2D eigenvalue weighted by atomic mass is 35.5. The van der Waals surface area contributed by atoms with Crippen molar-refractivity contribution in [2.75, 3.05) is 52.4 Å². The predicted molar refractivity (Wildman–Crippen MR) is 130 cm³/mol. The van der Waals surface area contributed by atoms with Gasteiger partial charge in [0, 0.05) is 42.1 Å². The van der Waals surface area contributed by atoms with Crippen LogP contribution in [-0.4, -0.2) is 65.2 Å². The average molecular weight is 510 g/mol. The van der Waals surface area contributed by atoms with Crippen molar-refractivity contribution in [2.24, 2.45) is 0 Å². The van der Waals surface area contributed by atoms with E-state index in [1.54, 1.807) is 33.5 Å². The molecule has 0 amide bonds. The van der Waals surface area contributed by atoms with E-state index in [9.17, 15) is 8.42 Å². The number of methoxy groups -OCH3 is 3. The van der Waals surface area contributed by atoms with Crippen molar-refractivity contribution in [1.29, 1.82) is 0 Å². The van der Waals surface area contributed by atoms with Crippen molar-refractivity contribution in [1.82, 2.24) is 9.29 Å². The van der Waals surface area contributed by atoms with E-state index in [0.29, 0.717) is 48.5 Å². The van der Waals surface area contributed by atoms with E-state index in [1.165, 1.54) is 27.8 Å². The number of hydrogen-bond acceptors (Lipinski definition) is 8. The number of rotatable bonds is 7. The first kappa shape index (κ1) is 23.6. The number of halogens is 1. The Morgan fingerprint density at radius 1 is 0.939 bits per heavy atom. The van der Waals surface area contributed by atoms with Crippen LogP contribution < -0.4 is 19.1 Å². The summed E-state index contributed by atoms with van der Waals surface area (Å²) in [7, 11) is 1.16. The number of ether oxygens (including phenoxy) is 3. The first-order valence-electron chi connectivity index (χ1n) is 10.1. The van der Waals surface area contributed by atoms with Crippen molar-refractivity contribution in [2.45, 2.75) is 4.90 Å². The van der Waals surface area contributed by atoms with Gasteiger partial charge in [0.15, 0.2) is 16.6 Å². The molecule has 1 aliphatic rings. The van der Waals surface area contributed by atoms with E-state index in [0.717, 1.165) is 16.4 Å². The molecular weight excluding hydrogens is 486 g/mol. The maximum absolute atomic E-state index is 12.9. The van der Waals surface area contributed by atoms with Crippen molar-refractivity contribution < 1.29 is 22.6 Å². The van der Waals surface area contributed by atoms with E-state index in [4.69, 9.17) is 30.8 Å². The van der Waals surface area contributed by atoms with E-state index >= 15 is 0 Å². The summed E-state index contributed by atoms with van der Waals surface area (Å²) < 4.78 is 43.6. The fraction of sp³-hybridized carbons (Fsp3) is 0.318. The third-order valence-corrected chi connectivity index (χ3v) is 8.48. The van der Waals surface area contributed by atoms with Gasteiger partial charge < -0.3 is 19.1 Å². The summed E-state index contributed by atoms with van der Waals surface area (Å²) in [6.45, 7) is 1.86. The minimum Gasteiger partial charge on any atom is -0.493 e. The van der Waals surface area contributed by atoms with Crippen molar-refractivity contribution in [3.8, 4) is 28.5 Å². The van der Waals surface area contributed by atoms with Crippen LogP contribution in [0.4, 0.5) is 5.13 Å². The lowest BCUT2D eigenvalue weighted by molar-refractivity contribution is 0.324. The molecule has 3 aromatic rings. The summed E-state index contributed by atoms with van der Waals surface area (Å²) in [5, 5.41) is 3.31. The fourth-order valence-corrected chi connectivity index (χ4v) is 6.08. The van der Waals surface area contributed by atoms with Crippen LogP contribution in [-0.2, 0) is 10.0 Å². The van der Waals surface area contributed by atoms with Crippen LogP contribution >= 0.6 is 22.9 Å². The van der Waals surface area contributed by atoms with E-state index in [2.05, 4.69) is 4.90 Å². The number of benzene rings is 2. The molecule has 0 atom stereocenters. The fourth-order valence-electron chi connectivity index (χ4n) is 3.65. The molecule has 0 unspecified atom stereocenters. The minimum atomic E-state index is -3.55. The molecule has 1 fully saturated rings. The van der Waals surface area contributed by atoms with Gasteiger partial charge in [-0.2, -0.15) is 4.31 Å². The molecule has 2 heterocycles. The lowest BCUT2D eigenvalue weighted by atomic mass is 10.1.